The minimum Gasteiger partial charge on any atom is -0.368 e. The van der Waals surface area contributed by atoms with Gasteiger partial charge < -0.3 is 21.3 Å². The SMILES string of the molecule is CCNC(=NCc1ccc(C(=O)NCC(N)=O)cc1)N(C)Cc1ccccc1Cl.I. The van der Waals surface area contributed by atoms with Gasteiger partial charge in [-0.25, -0.2) is 4.99 Å². The van der Waals surface area contributed by atoms with Crippen molar-refractivity contribution < 1.29 is 9.59 Å². The molecule has 0 radical (unpaired) electrons. The molecule has 7 nitrogen and oxygen atoms in total. The van der Waals surface area contributed by atoms with Crippen LogP contribution >= 0.6 is 35.6 Å². The Balaban J connectivity index is 0.00000450. The summed E-state index contributed by atoms with van der Waals surface area (Å²) in [6.07, 6.45) is 0. The lowest BCUT2D eigenvalue weighted by Crippen LogP contribution is -2.38. The number of carbonyl (C=O) groups is 2. The maximum atomic E-state index is 11.9. The molecular formula is C21H27ClIN5O2. The number of amides is 2. The average molecular weight is 544 g/mol. The highest BCUT2D eigenvalue weighted by Crippen LogP contribution is 2.16. The second-order valence-electron chi connectivity index (χ2n) is 6.46. The third kappa shape index (κ3) is 8.19. The highest BCUT2D eigenvalue weighted by Gasteiger charge is 2.09. The van der Waals surface area contributed by atoms with E-state index in [9.17, 15) is 9.59 Å². The Kier molecular flexibility index (Phi) is 11.2. The number of aliphatic imine (C=N–C) groups is 1. The van der Waals surface area contributed by atoms with Gasteiger partial charge in [-0.1, -0.05) is 41.9 Å². The number of halogens is 2. The number of nitrogens with one attached hydrogen (secondary N) is 2. The maximum Gasteiger partial charge on any atom is 0.251 e. The van der Waals surface area contributed by atoms with Gasteiger partial charge in [-0.15, -0.1) is 24.0 Å². The van der Waals surface area contributed by atoms with E-state index >= 15 is 0 Å². The van der Waals surface area contributed by atoms with Crippen molar-refractivity contribution in [1.82, 2.24) is 15.5 Å². The molecule has 0 saturated heterocycles. The van der Waals surface area contributed by atoms with Gasteiger partial charge in [0.2, 0.25) is 5.91 Å². The number of hydrogen-bond acceptors (Lipinski definition) is 3. The van der Waals surface area contributed by atoms with Gasteiger partial charge in [-0.05, 0) is 36.2 Å². The molecule has 0 unspecified atom stereocenters. The van der Waals surface area contributed by atoms with Crippen LogP contribution in [0.15, 0.2) is 53.5 Å². The zero-order chi connectivity index (χ0) is 21.2. The summed E-state index contributed by atoms with van der Waals surface area (Å²) in [4.78, 5) is 29.4. The monoisotopic (exact) mass is 543 g/mol. The van der Waals surface area contributed by atoms with Gasteiger partial charge in [0, 0.05) is 30.7 Å². The number of primary amides is 1. The van der Waals surface area contributed by atoms with E-state index in [-0.39, 0.29) is 36.4 Å². The first kappa shape index (κ1) is 25.7. The molecular weight excluding hydrogens is 517 g/mol. The molecule has 0 bridgehead atoms. The van der Waals surface area contributed by atoms with Crippen molar-refractivity contribution in [1.29, 1.82) is 0 Å². The predicted molar refractivity (Wildman–Crippen MR) is 131 cm³/mol. The predicted octanol–water partition coefficient (Wildman–Crippen LogP) is 2.77. The molecule has 0 aliphatic rings. The lowest BCUT2D eigenvalue weighted by atomic mass is 10.1. The summed E-state index contributed by atoms with van der Waals surface area (Å²) in [6.45, 7) is 3.65. The summed E-state index contributed by atoms with van der Waals surface area (Å²) in [6, 6.07) is 14.8. The van der Waals surface area contributed by atoms with E-state index in [1.165, 1.54) is 0 Å². The molecule has 0 aliphatic heterocycles. The van der Waals surface area contributed by atoms with E-state index in [1.807, 2.05) is 55.3 Å². The topological polar surface area (TPSA) is 99.8 Å². The summed E-state index contributed by atoms with van der Waals surface area (Å²) < 4.78 is 0. The van der Waals surface area contributed by atoms with Gasteiger partial charge in [0.25, 0.3) is 5.91 Å². The van der Waals surface area contributed by atoms with Crippen LogP contribution in [0, 0.1) is 0 Å². The fourth-order valence-corrected chi connectivity index (χ4v) is 2.82. The highest BCUT2D eigenvalue weighted by atomic mass is 127. The van der Waals surface area contributed by atoms with Crippen LogP contribution < -0.4 is 16.4 Å². The summed E-state index contributed by atoms with van der Waals surface area (Å²) in [5.74, 6) is -0.163. The van der Waals surface area contributed by atoms with Crippen LogP contribution in [0.2, 0.25) is 5.02 Å². The lowest BCUT2D eigenvalue weighted by molar-refractivity contribution is -0.117. The zero-order valence-electron chi connectivity index (χ0n) is 17.0. The minimum absolute atomic E-state index is 0. The van der Waals surface area contributed by atoms with Crippen LogP contribution in [0.3, 0.4) is 0 Å². The summed E-state index contributed by atoms with van der Waals surface area (Å²) >= 11 is 6.26. The molecule has 162 valence electrons. The normalized spacial score (nSPS) is 10.7. The average Bonchev–Trinajstić information content (AvgIpc) is 2.71. The Morgan fingerprint density at radius 1 is 1.10 bits per heavy atom. The fraction of sp³-hybridized carbons (Fsp3) is 0.286. The molecule has 0 atom stereocenters. The third-order valence-corrected chi connectivity index (χ3v) is 4.48. The van der Waals surface area contributed by atoms with Gasteiger partial charge in [0.15, 0.2) is 5.96 Å². The van der Waals surface area contributed by atoms with E-state index in [4.69, 9.17) is 17.3 Å². The number of hydrogen-bond donors (Lipinski definition) is 3. The van der Waals surface area contributed by atoms with Crippen molar-refractivity contribution >= 4 is 53.4 Å². The molecule has 0 spiro atoms. The first-order valence-corrected chi connectivity index (χ1v) is 9.66. The number of benzene rings is 2. The molecule has 4 N–H and O–H groups in total. The molecule has 9 heteroatoms. The molecule has 2 rings (SSSR count). The van der Waals surface area contributed by atoms with Gasteiger partial charge in [-0.3, -0.25) is 9.59 Å². The van der Waals surface area contributed by atoms with Crippen molar-refractivity contribution in [3.8, 4) is 0 Å². The molecule has 0 fully saturated rings. The van der Waals surface area contributed by atoms with Crippen molar-refractivity contribution in [2.45, 2.75) is 20.0 Å². The summed E-state index contributed by atoms with van der Waals surface area (Å²) in [5, 5.41) is 6.46. The lowest BCUT2D eigenvalue weighted by Gasteiger charge is -2.22. The van der Waals surface area contributed by atoms with Gasteiger partial charge >= 0.3 is 0 Å². The van der Waals surface area contributed by atoms with E-state index in [2.05, 4.69) is 15.6 Å². The van der Waals surface area contributed by atoms with Crippen LogP contribution in [0.25, 0.3) is 0 Å². The smallest absolute Gasteiger partial charge is 0.251 e. The Labute approximate surface area is 199 Å². The summed E-state index contributed by atoms with van der Waals surface area (Å²) in [5.41, 5.74) is 7.47. The first-order valence-electron chi connectivity index (χ1n) is 9.29. The van der Waals surface area contributed by atoms with E-state index in [0.29, 0.717) is 18.7 Å². The Bertz CT molecular complexity index is 874. The number of guanidine groups is 1. The quantitative estimate of drug-likeness (QED) is 0.271. The van der Waals surface area contributed by atoms with E-state index in [1.54, 1.807) is 12.1 Å². The first-order chi connectivity index (χ1) is 13.9. The van der Waals surface area contributed by atoms with Crippen molar-refractivity contribution in [2.24, 2.45) is 10.7 Å². The zero-order valence-corrected chi connectivity index (χ0v) is 20.1. The molecule has 2 aromatic rings. The number of carbonyl (C=O) groups excluding carboxylic acids is 2. The highest BCUT2D eigenvalue weighted by molar-refractivity contribution is 14.0. The van der Waals surface area contributed by atoms with E-state index in [0.717, 1.165) is 28.7 Å². The third-order valence-electron chi connectivity index (χ3n) is 4.11. The maximum absolute atomic E-state index is 11.9. The van der Waals surface area contributed by atoms with Crippen LogP contribution in [0.5, 0.6) is 0 Å². The number of rotatable bonds is 8. The van der Waals surface area contributed by atoms with Crippen LogP contribution in [0.1, 0.15) is 28.4 Å². The van der Waals surface area contributed by atoms with Crippen LogP contribution in [-0.4, -0.2) is 42.8 Å². The van der Waals surface area contributed by atoms with Crippen LogP contribution in [0.4, 0.5) is 0 Å². The molecule has 0 saturated carbocycles. The molecule has 0 aliphatic carbocycles. The Morgan fingerprint density at radius 3 is 2.37 bits per heavy atom. The Morgan fingerprint density at radius 2 is 1.77 bits per heavy atom. The molecule has 2 amide bonds. The molecule has 2 aromatic carbocycles. The Hall–Kier alpha value is -2.33. The minimum atomic E-state index is -0.582. The molecule has 0 aromatic heterocycles. The molecule has 30 heavy (non-hydrogen) atoms. The molecule has 0 heterocycles. The second-order valence-corrected chi connectivity index (χ2v) is 6.87. The standard InChI is InChI=1S/C21H26ClN5O2.HI/c1-3-24-21(27(2)14-17-6-4-5-7-18(17)22)26-12-15-8-10-16(11-9-15)20(29)25-13-19(23)28;/h4-11H,3,12-14H2,1-2H3,(H2,23,28)(H,24,26)(H,25,29);1H. The fourth-order valence-electron chi connectivity index (χ4n) is 2.62. The number of nitrogens with zero attached hydrogens (tertiary/aromatic N) is 2. The largest absolute Gasteiger partial charge is 0.368 e. The summed E-state index contributed by atoms with van der Waals surface area (Å²) in [7, 11) is 1.96. The van der Waals surface area contributed by atoms with Crippen molar-refractivity contribution in [3.05, 3.63) is 70.2 Å². The van der Waals surface area contributed by atoms with Crippen molar-refractivity contribution in [2.75, 3.05) is 20.1 Å². The van der Waals surface area contributed by atoms with Crippen LogP contribution in [-0.2, 0) is 17.9 Å². The van der Waals surface area contributed by atoms with Crippen molar-refractivity contribution in [3.63, 3.8) is 0 Å². The van der Waals surface area contributed by atoms with E-state index < -0.39 is 5.91 Å². The number of nitrogens with two attached hydrogens (primary N) is 1. The van der Waals surface area contributed by atoms with Gasteiger partial charge in [0.05, 0.1) is 13.1 Å². The second kappa shape index (κ2) is 13.1. The van der Waals surface area contributed by atoms with Gasteiger partial charge in [-0.2, -0.15) is 0 Å². The van der Waals surface area contributed by atoms with Gasteiger partial charge in [0.1, 0.15) is 0 Å².